The van der Waals surface area contributed by atoms with Crippen molar-refractivity contribution in [3.63, 3.8) is 0 Å². The van der Waals surface area contributed by atoms with Gasteiger partial charge in [-0.3, -0.25) is 4.79 Å². The minimum absolute atomic E-state index is 0.175. The number of carboxylic acids is 1. The largest absolute Gasteiger partial charge is 0.478 e. The second-order valence-corrected chi connectivity index (χ2v) is 5.00. The molecular formula is C16H17NO3. The molecule has 0 aliphatic rings. The van der Waals surface area contributed by atoms with Crippen molar-refractivity contribution in [2.24, 2.45) is 0 Å². The van der Waals surface area contributed by atoms with Crippen LogP contribution in [0.15, 0.2) is 35.1 Å². The molecule has 1 heterocycles. The molecule has 0 atom stereocenters. The highest BCUT2D eigenvalue weighted by Crippen LogP contribution is 2.13. The Balaban J connectivity index is 2.52. The van der Waals surface area contributed by atoms with Crippen LogP contribution < -0.4 is 5.56 Å². The van der Waals surface area contributed by atoms with Crippen LogP contribution in [0.4, 0.5) is 0 Å². The van der Waals surface area contributed by atoms with Crippen LogP contribution in [0.5, 0.6) is 0 Å². The lowest BCUT2D eigenvalue weighted by atomic mass is 10.1. The van der Waals surface area contributed by atoms with E-state index < -0.39 is 5.97 Å². The molecule has 0 spiro atoms. The Hall–Kier alpha value is -2.36. The summed E-state index contributed by atoms with van der Waals surface area (Å²) in [6.07, 6.45) is 0. The summed E-state index contributed by atoms with van der Waals surface area (Å²) < 4.78 is 1.50. The number of pyridine rings is 1. The van der Waals surface area contributed by atoms with Crippen molar-refractivity contribution in [1.29, 1.82) is 0 Å². The number of benzene rings is 1. The Morgan fingerprint density at radius 3 is 2.30 bits per heavy atom. The molecule has 1 aromatic carbocycles. The molecule has 20 heavy (non-hydrogen) atoms. The Kier molecular flexibility index (Phi) is 3.74. The van der Waals surface area contributed by atoms with E-state index in [4.69, 9.17) is 0 Å². The molecule has 0 saturated heterocycles. The van der Waals surface area contributed by atoms with Crippen molar-refractivity contribution in [3.05, 3.63) is 68.6 Å². The van der Waals surface area contributed by atoms with Gasteiger partial charge in [0.25, 0.3) is 5.56 Å². The van der Waals surface area contributed by atoms with E-state index in [1.807, 2.05) is 31.2 Å². The van der Waals surface area contributed by atoms with E-state index in [-0.39, 0.29) is 11.1 Å². The maximum absolute atomic E-state index is 12.1. The Morgan fingerprint density at radius 2 is 1.75 bits per heavy atom. The van der Waals surface area contributed by atoms with E-state index >= 15 is 0 Å². The van der Waals surface area contributed by atoms with Gasteiger partial charge in [-0.05, 0) is 31.9 Å². The molecule has 104 valence electrons. The molecule has 0 bridgehead atoms. The van der Waals surface area contributed by atoms with Gasteiger partial charge in [0, 0.05) is 11.8 Å². The topological polar surface area (TPSA) is 59.3 Å². The van der Waals surface area contributed by atoms with Crippen molar-refractivity contribution < 1.29 is 9.90 Å². The number of aromatic nitrogens is 1. The number of nitrogens with zero attached hydrogens (tertiary/aromatic N) is 1. The molecular weight excluding hydrogens is 254 g/mol. The van der Waals surface area contributed by atoms with Gasteiger partial charge in [-0.25, -0.2) is 4.79 Å². The van der Waals surface area contributed by atoms with Crippen molar-refractivity contribution in [2.75, 3.05) is 0 Å². The lowest BCUT2D eigenvalue weighted by Crippen LogP contribution is -2.26. The predicted molar refractivity (Wildman–Crippen MR) is 77.4 cm³/mol. The molecule has 4 nitrogen and oxygen atoms in total. The molecule has 0 radical (unpaired) electrons. The van der Waals surface area contributed by atoms with Crippen LogP contribution in [0.3, 0.4) is 0 Å². The van der Waals surface area contributed by atoms with Crippen LogP contribution in [0.25, 0.3) is 0 Å². The third-order valence-corrected chi connectivity index (χ3v) is 3.44. The minimum atomic E-state index is -1.00. The van der Waals surface area contributed by atoms with E-state index in [0.717, 1.165) is 11.1 Å². The number of hydrogen-bond donors (Lipinski definition) is 1. The van der Waals surface area contributed by atoms with Crippen molar-refractivity contribution >= 4 is 5.97 Å². The average Bonchev–Trinajstić information content (AvgIpc) is 2.36. The van der Waals surface area contributed by atoms with Gasteiger partial charge in [0.15, 0.2) is 0 Å². The van der Waals surface area contributed by atoms with Gasteiger partial charge in [-0.1, -0.05) is 29.8 Å². The lowest BCUT2D eigenvalue weighted by molar-refractivity contribution is 0.0694. The summed E-state index contributed by atoms with van der Waals surface area (Å²) in [5, 5.41) is 9.25. The summed E-state index contributed by atoms with van der Waals surface area (Å²) in [7, 11) is 0. The van der Waals surface area contributed by atoms with Crippen molar-refractivity contribution in [1.82, 2.24) is 4.57 Å². The van der Waals surface area contributed by atoms with Crippen LogP contribution in [-0.2, 0) is 6.54 Å². The number of rotatable bonds is 3. The lowest BCUT2D eigenvalue weighted by Gasteiger charge is -2.14. The van der Waals surface area contributed by atoms with Crippen LogP contribution in [0.1, 0.15) is 32.7 Å². The standard InChI is InChI=1S/C16H17NO3/c1-10-4-6-13(7-5-10)9-17-12(3)15(16(19)20)11(2)8-14(17)18/h4-8H,9H2,1-3H3,(H,19,20). The summed E-state index contributed by atoms with van der Waals surface area (Å²) in [6, 6.07) is 9.22. The normalized spacial score (nSPS) is 10.6. The van der Waals surface area contributed by atoms with Gasteiger partial charge in [0.2, 0.25) is 0 Å². The van der Waals surface area contributed by atoms with E-state index in [9.17, 15) is 14.7 Å². The first kappa shape index (κ1) is 14.1. The first-order chi connectivity index (χ1) is 9.40. The van der Waals surface area contributed by atoms with E-state index in [1.54, 1.807) is 13.8 Å². The maximum Gasteiger partial charge on any atom is 0.337 e. The predicted octanol–water partition coefficient (Wildman–Crippen LogP) is 2.52. The third kappa shape index (κ3) is 2.64. The average molecular weight is 271 g/mol. The molecule has 0 unspecified atom stereocenters. The van der Waals surface area contributed by atoms with Gasteiger partial charge in [0.1, 0.15) is 0 Å². The Labute approximate surface area is 117 Å². The molecule has 2 aromatic rings. The molecule has 2 rings (SSSR count). The molecule has 0 amide bonds. The number of aromatic carboxylic acids is 1. The third-order valence-electron chi connectivity index (χ3n) is 3.44. The fourth-order valence-corrected chi connectivity index (χ4v) is 2.32. The van der Waals surface area contributed by atoms with Gasteiger partial charge in [-0.15, -0.1) is 0 Å². The highest BCUT2D eigenvalue weighted by Gasteiger charge is 2.15. The molecule has 0 fully saturated rings. The second-order valence-electron chi connectivity index (χ2n) is 5.00. The summed E-state index contributed by atoms with van der Waals surface area (Å²) in [4.78, 5) is 23.4. The molecule has 1 aromatic heterocycles. The SMILES string of the molecule is Cc1ccc(Cn2c(C)c(C(=O)O)c(C)cc2=O)cc1. The van der Waals surface area contributed by atoms with Gasteiger partial charge < -0.3 is 9.67 Å². The molecule has 0 aliphatic carbocycles. The van der Waals surface area contributed by atoms with E-state index in [0.29, 0.717) is 17.8 Å². The highest BCUT2D eigenvalue weighted by molar-refractivity contribution is 5.90. The van der Waals surface area contributed by atoms with E-state index in [2.05, 4.69) is 0 Å². The second kappa shape index (κ2) is 5.33. The summed E-state index contributed by atoms with van der Waals surface area (Å²) >= 11 is 0. The van der Waals surface area contributed by atoms with Crippen molar-refractivity contribution in [2.45, 2.75) is 27.3 Å². The quantitative estimate of drug-likeness (QED) is 0.933. The summed E-state index contributed by atoms with van der Waals surface area (Å²) in [5.41, 5.74) is 3.14. The van der Waals surface area contributed by atoms with Gasteiger partial charge in [0.05, 0.1) is 12.1 Å². The van der Waals surface area contributed by atoms with Crippen molar-refractivity contribution in [3.8, 4) is 0 Å². The highest BCUT2D eigenvalue weighted by atomic mass is 16.4. The minimum Gasteiger partial charge on any atom is -0.478 e. The molecule has 1 N–H and O–H groups in total. The summed E-state index contributed by atoms with van der Waals surface area (Å²) in [6.45, 7) is 5.70. The Morgan fingerprint density at radius 1 is 1.15 bits per heavy atom. The monoisotopic (exact) mass is 271 g/mol. The van der Waals surface area contributed by atoms with Gasteiger partial charge >= 0.3 is 5.97 Å². The van der Waals surface area contributed by atoms with Gasteiger partial charge in [-0.2, -0.15) is 0 Å². The van der Waals surface area contributed by atoms with Crippen LogP contribution in [0, 0.1) is 20.8 Å². The zero-order valence-corrected chi connectivity index (χ0v) is 11.8. The summed E-state index contributed by atoms with van der Waals surface area (Å²) in [5.74, 6) is -1.00. The molecule has 0 saturated carbocycles. The zero-order chi connectivity index (χ0) is 14.9. The Bertz CT molecular complexity index is 712. The fourth-order valence-electron chi connectivity index (χ4n) is 2.32. The number of aryl methyl sites for hydroxylation is 2. The first-order valence-corrected chi connectivity index (χ1v) is 6.40. The smallest absolute Gasteiger partial charge is 0.337 e. The number of carboxylic acid groups (broad SMARTS) is 1. The molecule has 4 heteroatoms. The van der Waals surface area contributed by atoms with Crippen LogP contribution in [0.2, 0.25) is 0 Å². The van der Waals surface area contributed by atoms with Crippen LogP contribution >= 0.6 is 0 Å². The fraction of sp³-hybridized carbons (Fsp3) is 0.250. The number of hydrogen-bond acceptors (Lipinski definition) is 2. The molecule has 0 aliphatic heterocycles. The van der Waals surface area contributed by atoms with E-state index in [1.165, 1.54) is 10.6 Å². The first-order valence-electron chi connectivity index (χ1n) is 6.40. The van der Waals surface area contributed by atoms with Crippen LogP contribution in [-0.4, -0.2) is 15.6 Å². The number of carbonyl (C=O) groups is 1. The zero-order valence-electron chi connectivity index (χ0n) is 11.8. The maximum atomic E-state index is 12.1.